The number of fused-ring (bicyclic) bond motifs is 3. The van der Waals surface area contributed by atoms with E-state index in [1.807, 2.05) is 22.8 Å². The molecular weight excluding hydrogens is 318 g/mol. The molecule has 1 aliphatic heterocycles. The molecule has 0 saturated carbocycles. The number of benzene rings is 2. The van der Waals surface area contributed by atoms with Crippen molar-refractivity contribution in [2.75, 3.05) is 13.6 Å². The number of hydrogen-bond donors (Lipinski definition) is 0. The van der Waals surface area contributed by atoms with Crippen molar-refractivity contribution < 1.29 is 8.78 Å². The van der Waals surface area contributed by atoms with Gasteiger partial charge in [-0.1, -0.05) is 11.6 Å². The fourth-order valence-electron chi connectivity index (χ4n) is 3.38. The molecule has 0 radical (unpaired) electrons. The summed E-state index contributed by atoms with van der Waals surface area (Å²) in [5.74, 6) is -1.67. The quantitative estimate of drug-likeness (QED) is 0.634. The molecular formula is C18H15ClF2N2. The fraction of sp³-hybridized carbons (Fsp3) is 0.222. The van der Waals surface area contributed by atoms with Gasteiger partial charge in [0.2, 0.25) is 0 Å². The first-order valence-corrected chi connectivity index (χ1v) is 7.88. The van der Waals surface area contributed by atoms with E-state index in [-0.39, 0.29) is 0 Å². The second-order valence-corrected chi connectivity index (χ2v) is 6.44. The number of hydrogen-bond acceptors (Lipinski definition) is 1. The van der Waals surface area contributed by atoms with E-state index in [1.54, 1.807) is 6.07 Å². The Morgan fingerprint density at radius 3 is 2.65 bits per heavy atom. The Hall–Kier alpha value is -1.91. The van der Waals surface area contributed by atoms with Crippen LogP contribution < -0.4 is 0 Å². The first-order valence-electron chi connectivity index (χ1n) is 7.50. The van der Waals surface area contributed by atoms with Crippen molar-refractivity contribution in [2.45, 2.75) is 13.0 Å². The maximum Gasteiger partial charge on any atom is 0.160 e. The number of likely N-dealkylation sites (N-methyl/N-ethyl adjacent to an activating group) is 1. The van der Waals surface area contributed by atoms with Crippen LogP contribution >= 0.6 is 11.6 Å². The van der Waals surface area contributed by atoms with Crippen molar-refractivity contribution in [2.24, 2.45) is 0 Å². The normalized spacial score (nSPS) is 15.1. The highest BCUT2D eigenvalue weighted by Gasteiger charge is 2.23. The zero-order chi connectivity index (χ0) is 16.1. The maximum absolute atomic E-state index is 13.7. The van der Waals surface area contributed by atoms with Crippen LogP contribution in [0.3, 0.4) is 0 Å². The van der Waals surface area contributed by atoms with Crippen molar-refractivity contribution in [3.63, 3.8) is 0 Å². The Kier molecular flexibility index (Phi) is 3.39. The van der Waals surface area contributed by atoms with Crippen LogP contribution in [0.15, 0.2) is 36.4 Å². The number of nitrogens with zero attached hydrogens (tertiary/aromatic N) is 2. The summed E-state index contributed by atoms with van der Waals surface area (Å²) in [6.07, 6.45) is 0.916. The Balaban J connectivity index is 2.05. The van der Waals surface area contributed by atoms with Crippen LogP contribution in [0.2, 0.25) is 5.02 Å². The second kappa shape index (κ2) is 5.32. The average molecular weight is 333 g/mol. The Morgan fingerprint density at radius 1 is 1.04 bits per heavy atom. The van der Waals surface area contributed by atoms with Crippen molar-refractivity contribution in [3.8, 4) is 5.69 Å². The van der Waals surface area contributed by atoms with E-state index in [2.05, 4.69) is 11.9 Å². The molecule has 1 aromatic heterocycles. The zero-order valence-corrected chi connectivity index (χ0v) is 13.4. The molecule has 0 aliphatic carbocycles. The molecule has 0 bridgehead atoms. The third-order valence-electron chi connectivity index (χ3n) is 4.47. The van der Waals surface area contributed by atoms with Crippen LogP contribution in [-0.4, -0.2) is 23.1 Å². The largest absolute Gasteiger partial charge is 0.312 e. The lowest BCUT2D eigenvalue weighted by atomic mass is 10.0. The predicted octanol–water partition coefficient (Wildman–Crippen LogP) is 4.55. The van der Waals surface area contributed by atoms with Gasteiger partial charge in [-0.05, 0) is 49.4 Å². The van der Waals surface area contributed by atoms with Gasteiger partial charge in [0.1, 0.15) is 0 Å². The van der Waals surface area contributed by atoms with Crippen LogP contribution in [0.1, 0.15) is 11.3 Å². The average Bonchev–Trinajstić information content (AvgIpc) is 2.83. The summed E-state index contributed by atoms with van der Waals surface area (Å²) in [5, 5.41) is 1.77. The van der Waals surface area contributed by atoms with E-state index < -0.39 is 11.6 Å². The lowest BCUT2D eigenvalue weighted by Crippen LogP contribution is -2.27. The summed E-state index contributed by atoms with van der Waals surface area (Å²) in [6.45, 7) is 1.73. The molecule has 0 unspecified atom stereocenters. The van der Waals surface area contributed by atoms with Gasteiger partial charge in [0, 0.05) is 40.9 Å². The lowest BCUT2D eigenvalue weighted by molar-refractivity contribution is 0.307. The summed E-state index contributed by atoms with van der Waals surface area (Å²) in [5.41, 5.74) is 3.96. The van der Waals surface area contributed by atoms with Gasteiger partial charge in [-0.3, -0.25) is 0 Å². The van der Waals surface area contributed by atoms with E-state index in [0.29, 0.717) is 10.7 Å². The molecule has 2 nitrogen and oxygen atoms in total. The molecule has 0 fully saturated rings. The third kappa shape index (κ3) is 2.33. The molecule has 0 saturated heterocycles. The van der Waals surface area contributed by atoms with Crippen LogP contribution in [0.4, 0.5) is 8.78 Å². The molecule has 0 atom stereocenters. The summed E-state index contributed by atoms with van der Waals surface area (Å²) in [7, 11) is 2.06. The van der Waals surface area contributed by atoms with Gasteiger partial charge in [0.15, 0.2) is 11.6 Å². The highest BCUT2D eigenvalue weighted by Crippen LogP contribution is 2.34. The van der Waals surface area contributed by atoms with Crippen LogP contribution in [0, 0.1) is 11.6 Å². The summed E-state index contributed by atoms with van der Waals surface area (Å²) in [6, 6.07) is 9.76. The van der Waals surface area contributed by atoms with Crippen molar-refractivity contribution in [1.82, 2.24) is 9.47 Å². The maximum atomic E-state index is 13.7. The van der Waals surface area contributed by atoms with E-state index >= 15 is 0 Å². The van der Waals surface area contributed by atoms with E-state index in [1.165, 1.54) is 17.7 Å². The molecule has 5 heteroatoms. The molecule has 2 heterocycles. The van der Waals surface area contributed by atoms with Crippen molar-refractivity contribution >= 4 is 22.5 Å². The molecule has 0 spiro atoms. The van der Waals surface area contributed by atoms with Crippen LogP contribution in [-0.2, 0) is 13.0 Å². The Morgan fingerprint density at radius 2 is 1.87 bits per heavy atom. The predicted molar refractivity (Wildman–Crippen MR) is 88.2 cm³/mol. The summed E-state index contributed by atoms with van der Waals surface area (Å²) >= 11 is 6.16. The van der Waals surface area contributed by atoms with Gasteiger partial charge in [0.05, 0.1) is 5.52 Å². The number of rotatable bonds is 1. The van der Waals surface area contributed by atoms with Crippen LogP contribution in [0.5, 0.6) is 0 Å². The zero-order valence-electron chi connectivity index (χ0n) is 12.6. The first kappa shape index (κ1) is 14.7. The topological polar surface area (TPSA) is 8.17 Å². The van der Waals surface area contributed by atoms with Gasteiger partial charge in [0.25, 0.3) is 0 Å². The van der Waals surface area contributed by atoms with E-state index in [0.717, 1.165) is 36.1 Å². The van der Waals surface area contributed by atoms with Gasteiger partial charge in [-0.2, -0.15) is 0 Å². The first-order chi connectivity index (χ1) is 11.0. The number of halogens is 3. The Bertz CT molecular complexity index is 917. The minimum absolute atomic E-state index is 0.632. The standard InChI is InChI=1S/C18H15ClF2N2/c1-22-7-6-13-14-8-11(19)2-5-17(14)23(18(13)10-22)12-3-4-15(20)16(21)9-12/h2-5,8-9H,6-7,10H2,1H3. The summed E-state index contributed by atoms with van der Waals surface area (Å²) in [4.78, 5) is 2.22. The van der Waals surface area contributed by atoms with Gasteiger partial charge in [-0.25, -0.2) is 8.78 Å². The van der Waals surface area contributed by atoms with Crippen molar-refractivity contribution in [3.05, 3.63) is 64.3 Å². The SMILES string of the molecule is CN1CCc2c(n(-c3ccc(F)c(F)c3)c3ccc(Cl)cc23)C1. The smallest absolute Gasteiger partial charge is 0.160 e. The van der Waals surface area contributed by atoms with E-state index in [4.69, 9.17) is 11.6 Å². The molecule has 1 aliphatic rings. The monoisotopic (exact) mass is 332 g/mol. The minimum atomic E-state index is -0.837. The highest BCUT2D eigenvalue weighted by atomic mass is 35.5. The van der Waals surface area contributed by atoms with Crippen LogP contribution in [0.25, 0.3) is 16.6 Å². The lowest BCUT2D eigenvalue weighted by Gasteiger charge is -2.24. The van der Waals surface area contributed by atoms with E-state index in [9.17, 15) is 8.78 Å². The van der Waals surface area contributed by atoms with Gasteiger partial charge >= 0.3 is 0 Å². The fourth-order valence-corrected chi connectivity index (χ4v) is 3.55. The molecule has 0 amide bonds. The molecule has 118 valence electrons. The number of aromatic nitrogens is 1. The second-order valence-electron chi connectivity index (χ2n) is 6.01. The molecule has 0 N–H and O–H groups in total. The van der Waals surface area contributed by atoms with Gasteiger partial charge in [-0.15, -0.1) is 0 Å². The molecule has 23 heavy (non-hydrogen) atoms. The van der Waals surface area contributed by atoms with Crippen molar-refractivity contribution in [1.29, 1.82) is 0 Å². The highest BCUT2D eigenvalue weighted by molar-refractivity contribution is 6.31. The van der Waals surface area contributed by atoms with Gasteiger partial charge < -0.3 is 9.47 Å². The molecule has 2 aromatic carbocycles. The molecule has 4 rings (SSSR count). The minimum Gasteiger partial charge on any atom is -0.312 e. The Labute approximate surface area is 137 Å². The summed E-state index contributed by atoms with van der Waals surface area (Å²) < 4.78 is 29.0. The molecule has 3 aromatic rings. The third-order valence-corrected chi connectivity index (χ3v) is 4.70.